The third-order valence-corrected chi connectivity index (χ3v) is 6.33. The van der Waals surface area contributed by atoms with Gasteiger partial charge in [0.15, 0.2) is 0 Å². The number of hydrogen-bond donors (Lipinski definition) is 0. The van der Waals surface area contributed by atoms with Gasteiger partial charge in [-0.25, -0.2) is 0 Å². The van der Waals surface area contributed by atoms with Gasteiger partial charge in [0, 0.05) is 31.9 Å². The molecule has 20 heavy (non-hydrogen) atoms. The molecule has 1 aliphatic carbocycles. The van der Waals surface area contributed by atoms with Crippen molar-refractivity contribution in [3.63, 3.8) is 0 Å². The molecule has 0 spiro atoms. The van der Waals surface area contributed by atoms with Crippen LogP contribution in [0.4, 0.5) is 0 Å². The second-order valence-electron chi connectivity index (χ2n) is 5.27. The predicted octanol–water partition coefficient (Wildman–Crippen LogP) is 3.11. The van der Waals surface area contributed by atoms with Crippen LogP contribution < -0.4 is 0 Å². The Kier molecular flexibility index (Phi) is 4.91. The highest BCUT2D eigenvalue weighted by Gasteiger charge is 2.36. The molecule has 2 rings (SSSR count). The van der Waals surface area contributed by atoms with Gasteiger partial charge in [-0.2, -0.15) is 0 Å². The van der Waals surface area contributed by atoms with Crippen molar-refractivity contribution in [1.29, 1.82) is 0 Å². The highest BCUT2D eigenvalue weighted by Crippen LogP contribution is 2.26. The summed E-state index contributed by atoms with van der Waals surface area (Å²) in [6, 6.07) is 8.40. The Bertz CT molecular complexity index is 523. The molecule has 0 saturated heterocycles. The van der Waals surface area contributed by atoms with E-state index in [0.717, 1.165) is 18.6 Å². The third-order valence-electron chi connectivity index (χ3n) is 3.92. The summed E-state index contributed by atoms with van der Waals surface area (Å²) in [4.78, 5) is 5.05. The molecule has 1 unspecified atom stereocenters. The second kappa shape index (κ2) is 6.48. The van der Waals surface area contributed by atoms with Gasteiger partial charge in [-0.05, 0) is 18.9 Å². The van der Waals surface area contributed by atoms with E-state index in [9.17, 15) is 0 Å². The standard InChI is InChI=1S/C16H23NO2Si/c1-5-16(2,20(18-3)19-4)17-15-12-8-10-13-9-6-7-11-14(13)15/h6-11,20H,5,12H2,1-4H3. The summed E-state index contributed by atoms with van der Waals surface area (Å²) in [5.41, 5.74) is 3.61. The largest absolute Gasteiger partial charge is 0.399 e. The molecule has 1 aliphatic rings. The van der Waals surface area contributed by atoms with E-state index < -0.39 is 9.28 Å². The van der Waals surface area contributed by atoms with Crippen molar-refractivity contribution in [1.82, 2.24) is 0 Å². The fourth-order valence-corrected chi connectivity index (χ4v) is 4.43. The van der Waals surface area contributed by atoms with Crippen LogP contribution in [-0.4, -0.2) is 34.4 Å². The van der Waals surface area contributed by atoms with Gasteiger partial charge in [0.05, 0.1) is 5.16 Å². The highest BCUT2D eigenvalue weighted by molar-refractivity contribution is 6.49. The quantitative estimate of drug-likeness (QED) is 0.780. The van der Waals surface area contributed by atoms with E-state index in [1.165, 1.54) is 11.1 Å². The van der Waals surface area contributed by atoms with Crippen molar-refractivity contribution in [3.8, 4) is 0 Å². The first kappa shape index (κ1) is 15.2. The van der Waals surface area contributed by atoms with Crippen molar-refractivity contribution < 1.29 is 8.85 Å². The first-order chi connectivity index (χ1) is 9.64. The SMILES string of the molecule is CCC(C)(N=C1CC=Cc2ccccc21)[SiH](OC)OC. The van der Waals surface area contributed by atoms with Gasteiger partial charge in [-0.15, -0.1) is 0 Å². The summed E-state index contributed by atoms with van der Waals surface area (Å²) in [6.45, 7) is 4.29. The minimum absolute atomic E-state index is 0.239. The normalized spacial score (nSPS) is 19.1. The lowest BCUT2D eigenvalue weighted by molar-refractivity contribution is 0.244. The topological polar surface area (TPSA) is 30.8 Å². The Morgan fingerprint density at radius 3 is 2.60 bits per heavy atom. The number of aliphatic imine (C=N–C) groups is 1. The smallest absolute Gasteiger partial charge is 0.349 e. The van der Waals surface area contributed by atoms with E-state index in [0.29, 0.717) is 0 Å². The fourth-order valence-electron chi connectivity index (χ4n) is 2.63. The molecule has 4 heteroatoms. The summed E-state index contributed by atoms with van der Waals surface area (Å²) in [6.07, 6.45) is 6.13. The molecule has 0 amide bonds. The molecule has 1 aromatic carbocycles. The van der Waals surface area contributed by atoms with Crippen molar-refractivity contribution in [2.45, 2.75) is 31.9 Å². The molecule has 1 atom stereocenters. The average molecular weight is 289 g/mol. The molecule has 108 valence electrons. The zero-order valence-electron chi connectivity index (χ0n) is 12.7. The van der Waals surface area contributed by atoms with Crippen molar-refractivity contribution in [3.05, 3.63) is 41.5 Å². The van der Waals surface area contributed by atoms with E-state index in [4.69, 9.17) is 13.8 Å². The van der Waals surface area contributed by atoms with Crippen molar-refractivity contribution in [2.24, 2.45) is 4.99 Å². The lowest BCUT2D eigenvalue weighted by Gasteiger charge is -2.30. The van der Waals surface area contributed by atoms with Crippen molar-refractivity contribution in [2.75, 3.05) is 14.2 Å². The maximum Gasteiger partial charge on any atom is 0.349 e. The Hall–Kier alpha value is -1.23. The number of nitrogens with zero attached hydrogens (tertiary/aromatic N) is 1. The first-order valence-electron chi connectivity index (χ1n) is 7.05. The molecule has 0 aliphatic heterocycles. The number of benzene rings is 1. The molecule has 0 saturated carbocycles. The van der Waals surface area contributed by atoms with Crippen LogP contribution in [0.25, 0.3) is 6.08 Å². The van der Waals surface area contributed by atoms with Crippen LogP contribution in [0.5, 0.6) is 0 Å². The first-order valence-corrected chi connectivity index (χ1v) is 8.57. The van der Waals surface area contributed by atoms with E-state index in [1.807, 2.05) is 0 Å². The molecular weight excluding hydrogens is 266 g/mol. The maximum absolute atomic E-state index is 5.58. The lowest BCUT2D eigenvalue weighted by Crippen LogP contribution is -2.45. The van der Waals surface area contributed by atoms with Crippen LogP contribution in [0.1, 0.15) is 37.8 Å². The number of hydrogen-bond acceptors (Lipinski definition) is 3. The summed E-state index contributed by atoms with van der Waals surface area (Å²) < 4.78 is 11.2. The minimum Gasteiger partial charge on any atom is -0.399 e. The second-order valence-corrected chi connectivity index (χ2v) is 8.12. The molecule has 0 N–H and O–H groups in total. The van der Waals surface area contributed by atoms with E-state index in [2.05, 4.69) is 50.3 Å². The molecular formula is C16H23NO2Si. The average Bonchev–Trinajstić information content (AvgIpc) is 2.49. The van der Waals surface area contributed by atoms with E-state index in [1.54, 1.807) is 14.2 Å². The van der Waals surface area contributed by atoms with Gasteiger partial charge < -0.3 is 8.85 Å². The summed E-state index contributed by atoms with van der Waals surface area (Å²) >= 11 is 0. The number of fused-ring (bicyclic) bond motifs is 1. The zero-order chi connectivity index (χ0) is 14.6. The van der Waals surface area contributed by atoms with E-state index >= 15 is 0 Å². The van der Waals surface area contributed by atoms with Crippen LogP contribution in [0.2, 0.25) is 0 Å². The number of allylic oxidation sites excluding steroid dienone is 1. The summed E-state index contributed by atoms with van der Waals surface area (Å²) in [5, 5.41) is -0.239. The monoisotopic (exact) mass is 289 g/mol. The lowest BCUT2D eigenvalue weighted by atomic mass is 9.95. The van der Waals surface area contributed by atoms with Crippen LogP contribution in [0.3, 0.4) is 0 Å². The Morgan fingerprint density at radius 1 is 1.25 bits per heavy atom. The Balaban J connectivity index is 2.41. The van der Waals surface area contributed by atoms with Crippen molar-refractivity contribution >= 4 is 21.1 Å². The summed E-state index contributed by atoms with van der Waals surface area (Å²) in [5.74, 6) is 0. The Labute approximate surface area is 123 Å². The summed E-state index contributed by atoms with van der Waals surface area (Å²) in [7, 11) is 1.63. The van der Waals surface area contributed by atoms with Crippen LogP contribution in [0, 0.1) is 0 Å². The predicted molar refractivity (Wildman–Crippen MR) is 86.5 cm³/mol. The van der Waals surface area contributed by atoms with Crippen LogP contribution in [-0.2, 0) is 8.85 Å². The molecule has 3 nitrogen and oxygen atoms in total. The van der Waals surface area contributed by atoms with Gasteiger partial charge >= 0.3 is 9.28 Å². The van der Waals surface area contributed by atoms with Gasteiger partial charge in [0.2, 0.25) is 0 Å². The minimum atomic E-state index is -1.82. The zero-order valence-corrected chi connectivity index (χ0v) is 13.9. The molecule has 0 fully saturated rings. The third kappa shape index (κ3) is 2.92. The van der Waals surface area contributed by atoms with E-state index in [-0.39, 0.29) is 5.16 Å². The van der Waals surface area contributed by atoms with Crippen LogP contribution >= 0.6 is 0 Å². The van der Waals surface area contributed by atoms with Crippen LogP contribution in [0.15, 0.2) is 35.3 Å². The highest BCUT2D eigenvalue weighted by atomic mass is 28.3. The maximum atomic E-state index is 5.58. The molecule has 0 aromatic heterocycles. The fraction of sp³-hybridized carbons (Fsp3) is 0.438. The number of rotatable bonds is 5. The van der Waals surface area contributed by atoms with Gasteiger partial charge in [-0.3, -0.25) is 4.99 Å². The molecule has 0 bridgehead atoms. The van der Waals surface area contributed by atoms with Gasteiger partial charge in [0.1, 0.15) is 0 Å². The Morgan fingerprint density at radius 2 is 1.95 bits per heavy atom. The molecule has 0 radical (unpaired) electrons. The van der Waals surface area contributed by atoms with Gasteiger partial charge in [0.25, 0.3) is 0 Å². The molecule has 1 aromatic rings. The molecule has 0 heterocycles. The van der Waals surface area contributed by atoms with Gasteiger partial charge in [-0.1, -0.05) is 43.3 Å².